The molecule has 74 valence electrons. The zero-order valence-electron chi connectivity index (χ0n) is 8.03. The standard InChI is InChI=1S/C11H12N2.ClH/c1-2-8-7-9-5-3-4-6-10(9)13-11(8)12;/h3-7H,2H2,1H3,(H2,12,13);1H. The fourth-order valence-electron chi connectivity index (χ4n) is 1.46. The SMILES string of the molecule is CCc1cc2ccccc2nc1N.Cl. The average molecular weight is 209 g/mol. The highest BCUT2D eigenvalue weighted by molar-refractivity contribution is 5.85. The summed E-state index contributed by atoms with van der Waals surface area (Å²) < 4.78 is 0. The van der Waals surface area contributed by atoms with Crippen molar-refractivity contribution in [3.8, 4) is 0 Å². The van der Waals surface area contributed by atoms with Crippen LogP contribution in [0.5, 0.6) is 0 Å². The number of nitrogen functional groups attached to an aromatic ring is 1. The minimum atomic E-state index is 0. The van der Waals surface area contributed by atoms with Crippen molar-refractivity contribution >= 4 is 29.1 Å². The summed E-state index contributed by atoms with van der Waals surface area (Å²) in [5, 5.41) is 1.16. The van der Waals surface area contributed by atoms with Gasteiger partial charge in [0.2, 0.25) is 0 Å². The number of nitrogens with zero attached hydrogens (tertiary/aromatic N) is 1. The molecule has 1 aromatic carbocycles. The minimum Gasteiger partial charge on any atom is -0.383 e. The van der Waals surface area contributed by atoms with Gasteiger partial charge in [0, 0.05) is 5.39 Å². The number of fused-ring (bicyclic) bond motifs is 1. The topological polar surface area (TPSA) is 38.9 Å². The molecule has 0 aliphatic rings. The van der Waals surface area contributed by atoms with Crippen molar-refractivity contribution in [2.24, 2.45) is 0 Å². The van der Waals surface area contributed by atoms with Gasteiger partial charge in [-0.3, -0.25) is 0 Å². The molecule has 0 radical (unpaired) electrons. The molecule has 0 bridgehead atoms. The second kappa shape index (κ2) is 4.29. The Kier molecular flexibility index (Phi) is 3.31. The molecule has 2 N–H and O–H groups in total. The number of aromatic nitrogens is 1. The van der Waals surface area contributed by atoms with Crippen molar-refractivity contribution in [3.05, 3.63) is 35.9 Å². The number of hydrogen-bond donors (Lipinski definition) is 1. The van der Waals surface area contributed by atoms with Crippen LogP contribution in [0.15, 0.2) is 30.3 Å². The number of benzene rings is 1. The zero-order valence-corrected chi connectivity index (χ0v) is 8.84. The summed E-state index contributed by atoms with van der Waals surface area (Å²) >= 11 is 0. The lowest BCUT2D eigenvalue weighted by Crippen LogP contribution is -1.96. The first-order chi connectivity index (χ1) is 6.31. The van der Waals surface area contributed by atoms with Crippen LogP contribution in [0.1, 0.15) is 12.5 Å². The first-order valence-electron chi connectivity index (χ1n) is 4.45. The first kappa shape index (κ1) is 10.8. The van der Waals surface area contributed by atoms with Gasteiger partial charge in [-0.1, -0.05) is 25.1 Å². The third kappa shape index (κ3) is 1.80. The zero-order chi connectivity index (χ0) is 9.26. The lowest BCUT2D eigenvalue weighted by molar-refractivity contribution is 1.13. The van der Waals surface area contributed by atoms with Crippen LogP contribution in [-0.2, 0) is 6.42 Å². The Bertz CT molecular complexity index is 440. The van der Waals surface area contributed by atoms with E-state index < -0.39 is 0 Å². The van der Waals surface area contributed by atoms with Crippen LogP contribution in [0.25, 0.3) is 10.9 Å². The van der Waals surface area contributed by atoms with Gasteiger partial charge in [0.05, 0.1) is 5.52 Å². The van der Waals surface area contributed by atoms with Crippen molar-refractivity contribution in [1.29, 1.82) is 0 Å². The molecule has 14 heavy (non-hydrogen) atoms. The van der Waals surface area contributed by atoms with Gasteiger partial charge >= 0.3 is 0 Å². The number of pyridine rings is 1. The van der Waals surface area contributed by atoms with Crippen molar-refractivity contribution in [1.82, 2.24) is 4.98 Å². The van der Waals surface area contributed by atoms with E-state index in [1.165, 1.54) is 0 Å². The van der Waals surface area contributed by atoms with E-state index in [9.17, 15) is 0 Å². The molecule has 2 rings (SSSR count). The number of para-hydroxylation sites is 1. The summed E-state index contributed by atoms with van der Waals surface area (Å²) in [7, 11) is 0. The minimum absolute atomic E-state index is 0. The molecule has 3 heteroatoms. The Morgan fingerprint density at radius 2 is 2.00 bits per heavy atom. The van der Waals surface area contributed by atoms with Crippen LogP contribution in [0.4, 0.5) is 5.82 Å². The van der Waals surface area contributed by atoms with Crippen molar-refractivity contribution in [2.75, 3.05) is 5.73 Å². The Labute approximate surface area is 89.6 Å². The number of nitrogens with two attached hydrogens (primary N) is 1. The predicted octanol–water partition coefficient (Wildman–Crippen LogP) is 2.80. The molecular formula is C11H13ClN2. The van der Waals surface area contributed by atoms with Crippen molar-refractivity contribution in [3.63, 3.8) is 0 Å². The van der Waals surface area contributed by atoms with Crippen LogP contribution in [-0.4, -0.2) is 4.98 Å². The summed E-state index contributed by atoms with van der Waals surface area (Å²) in [5.41, 5.74) is 7.88. The van der Waals surface area contributed by atoms with Crippen LogP contribution >= 0.6 is 12.4 Å². The molecule has 0 fully saturated rings. The largest absolute Gasteiger partial charge is 0.383 e. The molecule has 0 aliphatic carbocycles. The number of halogens is 1. The van der Waals surface area contributed by atoms with E-state index in [2.05, 4.69) is 24.0 Å². The Hall–Kier alpha value is -1.28. The van der Waals surface area contributed by atoms with Gasteiger partial charge in [0.15, 0.2) is 0 Å². The molecule has 0 spiro atoms. The quantitative estimate of drug-likeness (QED) is 0.783. The molecule has 1 heterocycles. The third-order valence-electron chi connectivity index (χ3n) is 2.22. The Morgan fingerprint density at radius 1 is 1.29 bits per heavy atom. The molecule has 0 aliphatic heterocycles. The van der Waals surface area contributed by atoms with Gasteiger partial charge in [-0.15, -0.1) is 12.4 Å². The molecule has 0 unspecified atom stereocenters. The van der Waals surface area contributed by atoms with E-state index in [0.717, 1.165) is 22.9 Å². The average Bonchev–Trinajstić information content (AvgIpc) is 2.17. The predicted molar refractivity (Wildman–Crippen MR) is 62.8 cm³/mol. The van der Waals surface area contributed by atoms with Gasteiger partial charge in [-0.05, 0) is 24.1 Å². The van der Waals surface area contributed by atoms with Gasteiger partial charge in [-0.25, -0.2) is 4.98 Å². The van der Waals surface area contributed by atoms with E-state index >= 15 is 0 Å². The van der Waals surface area contributed by atoms with Crippen molar-refractivity contribution in [2.45, 2.75) is 13.3 Å². The molecular weight excluding hydrogens is 196 g/mol. The summed E-state index contributed by atoms with van der Waals surface area (Å²) in [6.45, 7) is 2.09. The van der Waals surface area contributed by atoms with Gasteiger partial charge < -0.3 is 5.73 Å². The molecule has 0 atom stereocenters. The maximum atomic E-state index is 5.79. The summed E-state index contributed by atoms with van der Waals surface area (Å²) in [6, 6.07) is 10.1. The second-order valence-electron chi connectivity index (χ2n) is 3.08. The highest BCUT2D eigenvalue weighted by atomic mass is 35.5. The highest BCUT2D eigenvalue weighted by Gasteiger charge is 2.00. The van der Waals surface area contributed by atoms with Crippen LogP contribution in [0.2, 0.25) is 0 Å². The smallest absolute Gasteiger partial charge is 0.127 e. The lowest BCUT2D eigenvalue weighted by atomic mass is 10.1. The van der Waals surface area contributed by atoms with Gasteiger partial charge in [-0.2, -0.15) is 0 Å². The monoisotopic (exact) mass is 208 g/mol. The Balaban J connectivity index is 0.000000980. The van der Waals surface area contributed by atoms with E-state index in [1.807, 2.05) is 18.2 Å². The number of hydrogen-bond acceptors (Lipinski definition) is 2. The number of rotatable bonds is 1. The second-order valence-corrected chi connectivity index (χ2v) is 3.08. The molecule has 0 amide bonds. The normalized spacial score (nSPS) is 9.79. The van der Waals surface area contributed by atoms with E-state index in [-0.39, 0.29) is 12.4 Å². The van der Waals surface area contributed by atoms with Gasteiger partial charge in [0.25, 0.3) is 0 Å². The molecule has 2 aromatic rings. The molecule has 0 saturated heterocycles. The summed E-state index contributed by atoms with van der Waals surface area (Å²) in [5.74, 6) is 0.654. The maximum Gasteiger partial charge on any atom is 0.127 e. The molecule has 1 aromatic heterocycles. The van der Waals surface area contributed by atoms with Crippen LogP contribution in [0.3, 0.4) is 0 Å². The van der Waals surface area contributed by atoms with E-state index in [0.29, 0.717) is 5.82 Å². The maximum absolute atomic E-state index is 5.79. The third-order valence-corrected chi connectivity index (χ3v) is 2.22. The van der Waals surface area contributed by atoms with Crippen LogP contribution in [0, 0.1) is 0 Å². The fraction of sp³-hybridized carbons (Fsp3) is 0.182. The van der Waals surface area contributed by atoms with Gasteiger partial charge in [0.1, 0.15) is 5.82 Å². The highest BCUT2D eigenvalue weighted by Crippen LogP contribution is 2.18. The van der Waals surface area contributed by atoms with E-state index in [4.69, 9.17) is 5.73 Å². The first-order valence-corrected chi connectivity index (χ1v) is 4.45. The van der Waals surface area contributed by atoms with E-state index in [1.54, 1.807) is 0 Å². The van der Waals surface area contributed by atoms with Crippen molar-refractivity contribution < 1.29 is 0 Å². The summed E-state index contributed by atoms with van der Waals surface area (Å²) in [6.07, 6.45) is 0.934. The molecule has 2 nitrogen and oxygen atoms in total. The number of anilines is 1. The fourth-order valence-corrected chi connectivity index (χ4v) is 1.46. The number of aryl methyl sites for hydroxylation is 1. The lowest BCUT2D eigenvalue weighted by Gasteiger charge is -2.03. The summed E-state index contributed by atoms with van der Waals surface area (Å²) in [4.78, 5) is 4.32. The molecule has 0 saturated carbocycles. The van der Waals surface area contributed by atoms with Crippen LogP contribution < -0.4 is 5.73 Å². The Morgan fingerprint density at radius 3 is 2.71 bits per heavy atom.